The lowest BCUT2D eigenvalue weighted by molar-refractivity contribution is 0.0950. The zero-order chi connectivity index (χ0) is 22.2. The van der Waals surface area contributed by atoms with Gasteiger partial charge in [0.25, 0.3) is 5.91 Å². The zero-order valence-electron chi connectivity index (χ0n) is 17.5. The van der Waals surface area contributed by atoms with Crippen molar-refractivity contribution in [2.45, 2.75) is 6.61 Å². The van der Waals surface area contributed by atoms with Gasteiger partial charge in [0.05, 0.1) is 19.0 Å². The number of nitrogens with one attached hydrogen (secondary N) is 2. The van der Waals surface area contributed by atoms with E-state index < -0.39 is 0 Å². The smallest absolute Gasteiger partial charge is 0.289 e. The largest absolute Gasteiger partial charge is 0.493 e. The van der Waals surface area contributed by atoms with Gasteiger partial charge < -0.3 is 9.47 Å². The van der Waals surface area contributed by atoms with Gasteiger partial charge in [0.1, 0.15) is 12.3 Å². The Morgan fingerprint density at radius 3 is 2.50 bits per heavy atom. The first-order valence-corrected chi connectivity index (χ1v) is 10.0. The van der Waals surface area contributed by atoms with E-state index in [0.717, 1.165) is 16.7 Å². The van der Waals surface area contributed by atoms with Gasteiger partial charge in [-0.15, -0.1) is 0 Å². The van der Waals surface area contributed by atoms with Crippen LogP contribution in [0.4, 0.5) is 0 Å². The number of hydrogen-bond acceptors (Lipinski definition) is 5. The summed E-state index contributed by atoms with van der Waals surface area (Å²) >= 11 is 0. The first-order chi connectivity index (χ1) is 15.7. The number of benzene rings is 3. The van der Waals surface area contributed by atoms with E-state index in [2.05, 4.69) is 20.7 Å². The zero-order valence-corrected chi connectivity index (χ0v) is 17.5. The number of aromatic nitrogens is 2. The molecule has 0 radical (unpaired) electrons. The summed E-state index contributed by atoms with van der Waals surface area (Å²) in [6, 6.07) is 26.6. The SMILES string of the molecule is COc1ccc(/C=N/NC(=O)c2cc(-c3ccccc3)n[nH]2)cc1OCc1ccccc1. The molecule has 0 unspecified atom stereocenters. The minimum Gasteiger partial charge on any atom is -0.493 e. The minimum absolute atomic E-state index is 0.322. The average Bonchev–Trinajstić information content (AvgIpc) is 3.35. The van der Waals surface area contributed by atoms with Crippen LogP contribution < -0.4 is 14.9 Å². The van der Waals surface area contributed by atoms with Crippen LogP contribution in [-0.2, 0) is 6.61 Å². The maximum atomic E-state index is 12.4. The molecule has 1 heterocycles. The summed E-state index contributed by atoms with van der Waals surface area (Å²) in [6.45, 7) is 0.415. The second-order valence-corrected chi connectivity index (χ2v) is 6.92. The van der Waals surface area contributed by atoms with Crippen LogP contribution in [0.5, 0.6) is 11.5 Å². The Morgan fingerprint density at radius 2 is 1.75 bits per heavy atom. The van der Waals surface area contributed by atoms with Gasteiger partial charge in [-0.2, -0.15) is 10.2 Å². The molecule has 1 aromatic heterocycles. The molecule has 4 rings (SSSR count). The van der Waals surface area contributed by atoms with Crippen molar-refractivity contribution in [3.63, 3.8) is 0 Å². The Morgan fingerprint density at radius 1 is 1.00 bits per heavy atom. The number of ether oxygens (including phenoxy) is 2. The maximum Gasteiger partial charge on any atom is 0.289 e. The number of amides is 1. The lowest BCUT2D eigenvalue weighted by atomic mass is 10.1. The number of carbonyl (C=O) groups is 1. The van der Waals surface area contributed by atoms with E-state index in [1.54, 1.807) is 31.5 Å². The van der Waals surface area contributed by atoms with Crippen molar-refractivity contribution in [1.29, 1.82) is 0 Å². The van der Waals surface area contributed by atoms with Crippen molar-refractivity contribution in [2.75, 3.05) is 7.11 Å². The standard InChI is InChI=1S/C25H22N4O3/c1-31-23-13-12-19(14-24(23)32-17-18-8-4-2-5-9-18)16-26-29-25(30)22-15-21(27-28-22)20-10-6-3-7-11-20/h2-16H,17H2,1H3,(H,27,28)(H,29,30)/b26-16+. The predicted molar refractivity (Wildman–Crippen MR) is 123 cm³/mol. The number of hydrogen-bond donors (Lipinski definition) is 2. The number of H-pyrrole nitrogens is 1. The number of hydrazone groups is 1. The molecule has 2 N–H and O–H groups in total. The lowest BCUT2D eigenvalue weighted by Crippen LogP contribution is -2.18. The Balaban J connectivity index is 1.39. The number of nitrogens with zero attached hydrogens (tertiary/aromatic N) is 2. The summed E-state index contributed by atoms with van der Waals surface area (Å²) in [5.41, 5.74) is 6.25. The number of methoxy groups -OCH3 is 1. The van der Waals surface area contributed by atoms with E-state index >= 15 is 0 Å². The molecule has 0 saturated carbocycles. The molecule has 4 aromatic rings. The third-order valence-electron chi connectivity index (χ3n) is 4.70. The number of carbonyl (C=O) groups excluding carboxylic acids is 1. The Labute approximate surface area is 185 Å². The van der Waals surface area contributed by atoms with Crippen molar-refractivity contribution in [3.8, 4) is 22.8 Å². The maximum absolute atomic E-state index is 12.4. The fourth-order valence-corrected chi connectivity index (χ4v) is 3.04. The summed E-state index contributed by atoms with van der Waals surface area (Å²) in [7, 11) is 1.59. The first kappa shape index (κ1) is 20.9. The molecule has 0 saturated heterocycles. The van der Waals surface area contributed by atoms with Crippen molar-refractivity contribution >= 4 is 12.1 Å². The molecule has 0 spiro atoms. The molecule has 3 aromatic carbocycles. The van der Waals surface area contributed by atoms with Gasteiger partial charge in [-0.05, 0) is 35.4 Å². The highest BCUT2D eigenvalue weighted by atomic mass is 16.5. The molecule has 1 amide bonds. The van der Waals surface area contributed by atoms with Crippen molar-refractivity contribution < 1.29 is 14.3 Å². The fraction of sp³-hybridized carbons (Fsp3) is 0.0800. The Kier molecular flexibility index (Phi) is 6.57. The minimum atomic E-state index is -0.384. The van der Waals surface area contributed by atoms with E-state index in [0.29, 0.717) is 29.5 Å². The second-order valence-electron chi connectivity index (χ2n) is 6.92. The molecule has 0 aliphatic rings. The van der Waals surface area contributed by atoms with E-state index in [9.17, 15) is 4.79 Å². The summed E-state index contributed by atoms with van der Waals surface area (Å²) in [6.07, 6.45) is 1.54. The van der Waals surface area contributed by atoms with Crippen LogP contribution in [0, 0.1) is 0 Å². The van der Waals surface area contributed by atoms with Crippen LogP contribution in [0.1, 0.15) is 21.6 Å². The molecule has 0 aliphatic heterocycles. The topological polar surface area (TPSA) is 88.6 Å². The molecular formula is C25H22N4O3. The van der Waals surface area contributed by atoms with E-state index in [-0.39, 0.29) is 5.91 Å². The van der Waals surface area contributed by atoms with Crippen molar-refractivity contribution in [3.05, 3.63) is 102 Å². The van der Waals surface area contributed by atoms with Crippen molar-refractivity contribution in [1.82, 2.24) is 15.6 Å². The predicted octanol–water partition coefficient (Wildman–Crippen LogP) is 4.43. The van der Waals surface area contributed by atoms with E-state index in [1.807, 2.05) is 66.7 Å². The molecule has 160 valence electrons. The van der Waals surface area contributed by atoms with Gasteiger partial charge in [0.2, 0.25) is 0 Å². The highest BCUT2D eigenvalue weighted by Gasteiger charge is 2.10. The Hall–Kier alpha value is -4.39. The first-order valence-electron chi connectivity index (χ1n) is 10.0. The summed E-state index contributed by atoms with van der Waals surface area (Å²) < 4.78 is 11.3. The molecule has 7 nitrogen and oxygen atoms in total. The molecule has 0 aliphatic carbocycles. The number of aromatic amines is 1. The van der Waals surface area contributed by atoms with Crippen LogP contribution in [0.3, 0.4) is 0 Å². The summed E-state index contributed by atoms with van der Waals surface area (Å²) in [5, 5.41) is 11.0. The van der Waals surface area contributed by atoms with Crippen molar-refractivity contribution in [2.24, 2.45) is 5.10 Å². The third kappa shape index (κ3) is 5.20. The Bertz CT molecular complexity index is 1200. The molecule has 7 heteroatoms. The van der Waals surface area contributed by atoms with Gasteiger partial charge in [0.15, 0.2) is 11.5 Å². The molecule has 0 atom stereocenters. The van der Waals surface area contributed by atoms with Crippen LogP contribution >= 0.6 is 0 Å². The monoisotopic (exact) mass is 426 g/mol. The number of rotatable bonds is 8. The molecule has 0 bridgehead atoms. The van der Waals surface area contributed by atoms with Gasteiger partial charge >= 0.3 is 0 Å². The van der Waals surface area contributed by atoms with Gasteiger partial charge in [-0.3, -0.25) is 9.89 Å². The summed E-state index contributed by atoms with van der Waals surface area (Å²) in [4.78, 5) is 12.4. The third-order valence-corrected chi connectivity index (χ3v) is 4.70. The summed E-state index contributed by atoms with van der Waals surface area (Å²) in [5.74, 6) is 0.825. The van der Waals surface area contributed by atoms with Gasteiger partial charge in [-0.25, -0.2) is 5.43 Å². The molecule has 32 heavy (non-hydrogen) atoms. The van der Waals surface area contributed by atoms with Crippen LogP contribution in [0.2, 0.25) is 0 Å². The van der Waals surface area contributed by atoms with Crippen LogP contribution in [-0.4, -0.2) is 29.4 Å². The van der Waals surface area contributed by atoms with Crippen LogP contribution in [0.25, 0.3) is 11.3 Å². The second kappa shape index (κ2) is 10.1. The highest BCUT2D eigenvalue weighted by molar-refractivity contribution is 5.94. The average molecular weight is 426 g/mol. The molecular weight excluding hydrogens is 404 g/mol. The van der Waals surface area contributed by atoms with Crippen LogP contribution in [0.15, 0.2) is 90.0 Å². The van der Waals surface area contributed by atoms with Gasteiger partial charge in [0, 0.05) is 5.56 Å². The normalized spacial score (nSPS) is 10.8. The highest BCUT2D eigenvalue weighted by Crippen LogP contribution is 2.28. The van der Waals surface area contributed by atoms with E-state index in [4.69, 9.17) is 9.47 Å². The van der Waals surface area contributed by atoms with Gasteiger partial charge in [-0.1, -0.05) is 60.7 Å². The quantitative estimate of drug-likeness (QED) is 0.322. The lowest BCUT2D eigenvalue weighted by Gasteiger charge is -2.11. The fourth-order valence-electron chi connectivity index (χ4n) is 3.04. The molecule has 0 fully saturated rings. The van der Waals surface area contributed by atoms with E-state index in [1.165, 1.54) is 0 Å².